The number of fused-ring (bicyclic) bond motifs is 2. The maximum Gasteiger partial charge on any atom is 0.229 e. The molecule has 8 nitrogen and oxygen atoms in total. The van der Waals surface area contributed by atoms with Gasteiger partial charge in [0.25, 0.3) is 0 Å². The first-order valence-electron chi connectivity index (χ1n) is 9.90. The van der Waals surface area contributed by atoms with Gasteiger partial charge in [-0.2, -0.15) is 10.2 Å². The number of anilines is 5. The largest absolute Gasteiger partial charge is 0.384 e. The van der Waals surface area contributed by atoms with Crippen LogP contribution in [-0.4, -0.2) is 33.4 Å². The summed E-state index contributed by atoms with van der Waals surface area (Å²) in [7, 11) is 2.18. The van der Waals surface area contributed by atoms with E-state index in [-0.39, 0.29) is 0 Å². The Morgan fingerprint density at radius 3 is 2.80 bits per heavy atom. The van der Waals surface area contributed by atoms with Crippen molar-refractivity contribution in [2.45, 2.75) is 24.8 Å². The minimum atomic E-state index is 0.326. The van der Waals surface area contributed by atoms with Crippen LogP contribution in [0.4, 0.5) is 29.1 Å². The van der Waals surface area contributed by atoms with Gasteiger partial charge in [0.1, 0.15) is 23.3 Å². The van der Waals surface area contributed by atoms with Gasteiger partial charge in [-0.1, -0.05) is 12.1 Å². The summed E-state index contributed by atoms with van der Waals surface area (Å²) in [4.78, 5) is 15.4. The maximum absolute atomic E-state index is 9.40. The molecule has 0 atom stereocenters. The molecule has 150 valence electrons. The van der Waals surface area contributed by atoms with E-state index in [0.717, 1.165) is 18.8 Å². The standard InChI is InChI=1S/C22H22N8/c1-30-12-14-9-16(5-6-17(14)22(13-30)7-8-22)26-21-25-11-15(10-23)20(29-21)28-19-4-2-3-18(24)27-19/h2-6,9,11H,7-8,12-13H2,1H3,(H4,24,25,26,27,28,29). The van der Waals surface area contributed by atoms with Crippen LogP contribution in [0.15, 0.2) is 42.6 Å². The van der Waals surface area contributed by atoms with Gasteiger partial charge in [0.05, 0.1) is 6.20 Å². The zero-order valence-electron chi connectivity index (χ0n) is 16.7. The van der Waals surface area contributed by atoms with Crippen molar-refractivity contribution in [2.24, 2.45) is 0 Å². The number of likely N-dealkylation sites (N-methyl/N-ethyl adjacent to an activating group) is 1. The number of pyridine rings is 1. The first-order valence-corrected chi connectivity index (χ1v) is 9.90. The number of nitrogens with one attached hydrogen (secondary N) is 2. The van der Waals surface area contributed by atoms with Gasteiger partial charge >= 0.3 is 0 Å². The van der Waals surface area contributed by atoms with E-state index in [0.29, 0.717) is 34.4 Å². The average molecular weight is 398 g/mol. The molecule has 2 aromatic heterocycles. The van der Waals surface area contributed by atoms with E-state index >= 15 is 0 Å². The molecule has 0 bridgehead atoms. The maximum atomic E-state index is 9.40. The number of nitrogens with zero attached hydrogens (tertiary/aromatic N) is 5. The van der Waals surface area contributed by atoms with Gasteiger partial charge in [0.15, 0.2) is 5.82 Å². The third-order valence-corrected chi connectivity index (χ3v) is 5.73. The Kier molecular flexibility index (Phi) is 4.26. The van der Waals surface area contributed by atoms with Crippen molar-refractivity contribution in [1.82, 2.24) is 19.9 Å². The Labute approximate surface area is 174 Å². The number of rotatable bonds is 4. The summed E-state index contributed by atoms with van der Waals surface area (Å²) in [5.74, 6) is 1.69. The Morgan fingerprint density at radius 1 is 1.17 bits per heavy atom. The van der Waals surface area contributed by atoms with Crippen LogP contribution in [0.3, 0.4) is 0 Å². The molecule has 30 heavy (non-hydrogen) atoms. The van der Waals surface area contributed by atoms with Crippen molar-refractivity contribution in [3.8, 4) is 6.07 Å². The van der Waals surface area contributed by atoms with Crippen LogP contribution in [-0.2, 0) is 12.0 Å². The smallest absolute Gasteiger partial charge is 0.229 e. The Morgan fingerprint density at radius 2 is 2.03 bits per heavy atom. The molecule has 2 aliphatic rings. The highest BCUT2D eigenvalue weighted by atomic mass is 15.2. The molecule has 1 aliphatic heterocycles. The lowest BCUT2D eigenvalue weighted by Crippen LogP contribution is -2.35. The second-order valence-corrected chi connectivity index (χ2v) is 8.09. The molecule has 0 unspecified atom stereocenters. The van der Waals surface area contributed by atoms with Crippen LogP contribution in [0.1, 0.15) is 29.5 Å². The third-order valence-electron chi connectivity index (χ3n) is 5.73. The minimum absolute atomic E-state index is 0.326. The lowest BCUT2D eigenvalue weighted by atomic mass is 9.87. The van der Waals surface area contributed by atoms with Crippen molar-refractivity contribution >= 4 is 29.1 Å². The summed E-state index contributed by atoms with van der Waals surface area (Å²) in [6, 6.07) is 13.8. The van der Waals surface area contributed by atoms with E-state index in [4.69, 9.17) is 5.73 Å². The highest BCUT2D eigenvalue weighted by molar-refractivity contribution is 5.64. The molecule has 3 heterocycles. The molecular weight excluding hydrogens is 376 g/mol. The molecule has 8 heteroatoms. The lowest BCUT2D eigenvalue weighted by molar-refractivity contribution is 0.271. The number of nitrogen functional groups attached to an aromatic ring is 1. The van der Waals surface area contributed by atoms with E-state index in [1.165, 1.54) is 30.2 Å². The van der Waals surface area contributed by atoms with Crippen LogP contribution in [0.2, 0.25) is 0 Å². The van der Waals surface area contributed by atoms with Gasteiger partial charge in [-0.25, -0.2) is 9.97 Å². The van der Waals surface area contributed by atoms with E-state index in [9.17, 15) is 5.26 Å². The second kappa shape index (κ2) is 6.97. The normalized spacial score (nSPS) is 16.5. The molecule has 1 spiro atoms. The molecule has 1 aromatic carbocycles. The lowest BCUT2D eigenvalue weighted by Gasteiger charge is -2.32. The van der Waals surface area contributed by atoms with Crippen molar-refractivity contribution in [1.29, 1.82) is 5.26 Å². The number of nitrogens with two attached hydrogens (primary N) is 1. The van der Waals surface area contributed by atoms with Gasteiger partial charge in [0, 0.05) is 24.2 Å². The summed E-state index contributed by atoms with van der Waals surface area (Å²) in [6.07, 6.45) is 4.03. The molecule has 0 amide bonds. The van der Waals surface area contributed by atoms with Gasteiger partial charge in [-0.05, 0) is 55.3 Å². The van der Waals surface area contributed by atoms with Crippen molar-refractivity contribution in [3.05, 3.63) is 59.3 Å². The highest BCUT2D eigenvalue weighted by Gasteiger charge is 2.48. The topological polar surface area (TPSA) is 116 Å². The third kappa shape index (κ3) is 3.40. The molecule has 4 N–H and O–H groups in total. The highest BCUT2D eigenvalue weighted by Crippen LogP contribution is 2.52. The van der Waals surface area contributed by atoms with E-state index in [2.05, 4.69) is 61.8 Å². The minimum Gasteiger partial charge on any atom is -0.384 e. The van der Waals surface area contributed by atoms with E-state index in [1.54, 1.807) is 18.2 Å². The first-order chi connectivity index (χ1) is 14.5. The van der Waals surface area contributed by atoms with Crippen LogP contribution >= 0.6 is 0 Å². The molecule has 0 saturated heterocycles. The predicted octanol–water partition coefficient (Wildman–Crippen LogP) is 3.29. The Bertz CT molecular complexity index is 1160. The molecule has 5 rings (SSSR count). The summed E-state index contributed by atoms with van der Waals surface area (Å²) >= 11 is 0. The van der Waals surface area contributed by atoms with Gasteiger partial charge < -0.3 is 21.3 Å². The zero-order valence-corrected chi connectivity index (χ0v) is 16.7. The molecular formula is C22H22N8. The van der Waals surface area contributed by atoms with Crippen LogP contribution in [0.5, 0.6) is 0 Å². The number of hydrogen-bond donors (Lipinski definition) is 3. The fourth-order valence-corrected chi connectivity index (χ4v) is 4.24. The predicted molar refractivity (Wildman–Crippen MR) is 116 cm³/mol. The van der Waals surface area contributed by atoms with Gasteiger partial charge in [-0.3, -0.25) is 0 Å². The molecule has 1 saturated carbocycles. The van der Waals surface area contributed by atoms with Gasteiger partial charge in [0.2, 0.25) is 5.95 Å². The molecule has 0 radical (unpaired) electrons. The van der Waals surface area contributed by atoms with Crippen LogP contribution < -0.4 is 16.4 Å². The first kappa shape index (κ1) is 18.3. The molecule has 3 aromatic rings. The molecule has 1 aliphatic carbocycles. The number of aromatic nitrogens is 3. The Hall–Kier alpha value is -3.70. The number of hydrogen-bond acceptors (Lipinski definition) is 8. The SMILES string of the molecule is CN1Cc2cc(Nc3ncc(C#N)c(Nc4cccc(N)n4)n3)ccc2C2(CC2)C1. The van der Waals surface area contributed by atoms with Crippen molar-refractivity contribution in [2.75, 3.05) is 30.0 Å². The fourth-order valence-electron chi connectivity index (χ4n) is 4.24. The quantitative estimate of drug-likeness (QED) is 0.613. The zero-order chi connectivity index (χ0) is 20.7. The van der Waals surface area contributed by atoms with Crippen molar-refractivity contribution in [3.63, 3.8) is 0 Å². The molecule has 1 fully saturated rings. The van der Waals surface area contributed by atoms with E-state index in [1.807, 2.05) is 0 Å². The van der Waals surface area contributed by atoms with E-state index < -0.39 is 0 Å². The summed E-state index contributed by atoms with van der Waals surface area (Å²) < 4.78 is 0. The Balaban J connectivity index is 1.42. The summed E-state index contributed by atoms with van der Waals surface area (Å²) in [6.45, 7) is 2.08. The summed E-state index contributed by atoms with van der Waals surface area (Å²) in [5, 5.41) is 15.7. The summed E-state index contributed by atoms with van der Waals surface area (Å²) in [5.41, 5.74) is 10.2. The fraction of sp³-hybridized carbons (Fsp3) is 0.273. The van der Waals surface area contributed by atoms with Crippen molar-refractivity contribution < 1.29 is 0 Å². The average Bonchev–Trinajstić information content (AvgIpc) is 3.47. The monoisotopic (exact) mass is 398 g/mol. The number of benzene rings is 1. The van der Waals surface area contributed by atoms with Crippen LogP contribution in [0.25, 0.3) is 0 Å². The number of nitriles is 1. The second-order valence-electron chi connectivity index (χ2n) is 8.09. The van der Waals surface area contributed by atoms with Gasteiger partial charge in [-0.15, -0.1) is 0 Å². The van der Waals surface area contributed by atoms with Crippen LogP contribution in [0, 0.1) is 11.3 Å².